The number of rotatable bonds is 2. The van der Waals surface area contributed by atoms with Crippen LogP contribution in [0.2, 0.25) is 0 Å². The maximum absolute atomic E-state index is 3.11. The molecule has 0 bridgehead atoms. The Morgan fingerprint density at radius 1 is 1.00 bits per heavy atom. The van der Waals surface area contributed by atoms with Crippen LogP contribution in [0.15, 0.2) is 48.5 Å². The van der Waals surface area contributed by atoms with E-state index in [1.54, 1.807) is 0 Å². The molecule has 0 nitrogen and oxygen atoms in total. The van der Waals surface area contributed by atoms with Crippen molar-refractivity contribution in [2.75, 3.05) is 0 Å². The molecule has 0 atom stereocenters. The molecule has 1 radical (unpaired) electrons. The molecule has 75 valence electrons. The maximum Gasteiger partial charge on any atom is -0.0178 e. The molecule has 2 aromatic carbocycles. The molecule has 0 spiro atoms. The molecule has 0 aliphatic rings. The highest BCUT2D eigenvalue weighted by atomic mass is 14.1. The molecule has 15 heavy (non-hydrogen) atoms. The second kappa shape index (κ2) is 4.31. The van der Waals surface area contributed by atoms with E-state index in [0.29, 0.717) is 5.92 Å². The van der Waals surface area contributed by atoms with Crippen molar-refractivity contribution in [2.24, 2.45) is 0 Å². The Hall–Kier alpha value is -1.56. The fourth-order valence-electron chi connectivity index (χ4n) is 1.65. The highest BCUT2D eigenvalue weighted by Crippen LogP contribution is 2.23. The van der Waals surface area contributed by atoms with Crippen LogP contribution in [0.25, 0.3) is 11.1 Å². The molecule has 0 aromatic heterocycles. The van der Waals surface area contributed by atoms with Crippen molar-refractivity contribution in [3.8, 4) is 11.1 Å². The van der Waals surface area contributed by atoms with E-state index in [1.807, 2.05) is 18.2 Å². The molecule has 2 rings (SSSR count). The van der Waals surface area contributed by atoms with Gasteiger partial charge >= 0.3 is 0 Å². The van der Waals surface area contributed by atoms with Gasteiger partial charge in [-0.05, 0) is 34.7 Å². The zero-order valence-corrected chi connectivity index (χ0v) is 9.20. The van der Waals surface area contributed by atoms with E-state index < -0.39 is 0 Å². The van der Waals surface area contributed by atoms with Gasteiger partial charge in [-0.1, -0.05) is 56.3 Å². The first-order chi connectivity index (χ1) is 7.27. The van der Waals surface area contributed by atoms with Gasteiger partial charge in [0.1, 0.15) is 0 Å². The predicted octanol–water partition coefficient (Wildman–Crippen LogP) is 4.28. The van der Waals surface area contributed by atoms with Gasteiger partial charge in [-0.2, -0.15) is 0 Å². The van der Waals surface area contributed by atoms with Gasteiger partial charge in [-0.3, -0.25) is 0 Å². The Bertz CT molecular complexity index is 427. The van der Waals surface area contributed by atoms with Crippen LogP contribution in [-0.4, -0.2) is 0 Å². The van der Waals surface area contributed by atoms with Gasteiger partial charge in [0.05, 0.1) is 0 Å². The van der Waals surface area contributed by atoms with Crippen LogP contribution in [0, 0.1) is 6.07 Å². The Kier molecular flexibility index (Phi) is 2.86. The second-order valence-electron chi connectivity index (χ2n) is 4.07. The SMILES string of the molecule is CC(C)c1cccc(-c2c[c]ccc2)c1. The average molecular weight is 195 g/mol. The van der Waals surface area contributed by atoms with Crippen LogP contribution in [0.1, 0.15) is 25.3 Å². The third-order valence-electron chi connectivity index (χ3n) is 2.59. The highest BCUT2D eigenvalue weighted by molar-refractivity contribution is 5.63. The summed E-state index contributed by atoms with van der Waals surface area (Å²) in [4.78, 5) is 0. The molecular weight excluding hydrogens is 180 g/mol. The minimum absolute atomic E-state index is 0.581. The lowest BCUT2D eigenvalue weighted by Gasteiger charge is -2.07. The molecule has 0 heteroatoms. The van der Waals surface area contributed by atoms with Gasteiger partial charge in [0.25, 0.3) is 0 Å². The molecule has 0 fully saturated rings. The van der Waals surface area contributed by atoms with Crippen LogP contribution in [0.4, 0.5) is 0 Å². The normalized spacial score (nSPS) is 10.6. The van der Waals surface area contributed by atoms with Gasteiger partial charge in [0.2, 0.25) is 0 Å². The fraction of sp³-hybridized carbons (Fsp3) is 0.200. The molecule has 0 aliphatic carbocycles. The van der Waals surface area contributed by atoms with Crippen LogP contribution in [0.5, 0.6) is 0 Å². The van der Waals surface area contributed by atoms with E-state index in [9.17, 15) is 0 Å². The number of benzene rings is 2. The first-order valence-electron chi connectivity index (χ1n) is 5.34. The standard InChI is InChI=1S/C15H15/c1-12(2)14-9-6-10-15(11-14)13-7-4-3-5-8-13/h3-4,6-12H,1-2H3. The second-order valence-corrected chi connectivity index (χ2v) is 4.07. The van der Waals surface area contributed by atoms with Gasteiger partial charge < -0.3 is 0 Å². The molecule has 0 aliphatic heterocycles. The lowest BCUT2D eigenvalue weighted by molar-refractivity contribution is 0.867. The first-order valence-corrected chi connectivity index (χ1v) is 5.34. The Balaban J connectivity index is 2.42. The summed E-state index contributed by atoms with van der Waals surface area (Å²) < 4.78 is 0. The summed E-state index contributed by atoms with van der Waals surface area (Å²) >= 11 is 0. The molecule has 0 N–H and O–H groups in total. The molecule has 0 saturated carbocycles. The van der Waals surface area contributed by atoms with Crippen molar-refractivity contribution in [3.05, 3.63) is 60.2 Å². The van der Waals surface area contributed by atoms with Gasteiger partial charge in [-0.15, -0.1) is 0 Å². The van der Waals surface area contributed by atoms with E-state index >= 15 is 0 Å². The summed E-state index contributed by atoms with van der Waals surface area (Å²) in [5.41, 5.74) is 3.90. The summed E-state index contributed by atoms with van der Waals surface area (Å²) in [6.45, 7) is 4.44. The third kappa shape index (κ3) is 2.27. The molecule has 0 amide bonds. The molecular formula is C15H15. The van der Waals surface area contributed by atoms with E-state index in [1.165, 1.54) is 16.7 Å². The molecule has 0 heterocycles. The van der Waals surface area contributed by atoms with Crippen molar-refractivity contribution in [2.45, 2.75) is 19.8 Å². The van der Waals surface area contributed by atoms with Gasteiger partial charge in [0.15, 0.2) is 0 Å². The lowest BCUT2D eigenvalue weighted by Crippen LogP contribution is -1.87. The monoisotopic (exact) mass is 195 g/mol. The van der Waals surface area contributed by atoms with Gasteiger partial charge in [-0.25, -0.2) is 0 Å². The van der Waals surface area contributed by atoms with Crippen LogP contribution in [-0.2, 0) is 0 Å². The summed E-state index contributed by atoms with van der Waals surface area (Å²) in [6, 6.07) is 19.9. The van der Waals surface area contributed by atoms with Crippen molar-refractivity contribution in [1.82, 2.24) is 0 Å². The Morgan fingerprint density at radius 2 is 1.80 bits per heavy atom. The van der Waals surface area contributed by atoms with E-state index in [-0.39, 0.29) is 0 Å². The van der Waals surface area contributed by atoms with Crippen LogP contribution in [0.3, 0.4) is 0 Å². The number of hydrogen-bond acceptors (Lipinski definition) is 0. The minimum atomic E-state index is 0.581. The highest BCUT2D eigenvalue weighted by Gasteiger charge is 2.01. The quantitative estimate of drug-likeness (QED) is 0.671. The molecule has 2 aromatic rings. The van der Waals surface area contributed by atoms with Crippen molar-refractivity contribution in [3.63, 3.8) is 0 Å². The summed E-state index contributed by atoms with van der Waals surface area (Å²) in [5.74, 6) is 0.581. The molecule has 0 saturated heterocycles. The fourth-order valence-corrected chi connectivity index (χ4v) is 1.65. The third-order valence-corrected chi connectivity index (χ3v) is 2.59. The van der Waals surface area contributed by atoms with Crippen molar-refractivity contribution < 1.29 is 0 Å². The summed E-state index contributed by atoms with van der Waals surface area (Å²) in [7, 11) is 0. The van der Waals surface area contributed by atoms with Crippen molar-refractivity contribution in [1.29, 1.82) is 0 Å². The maximum atomic E-state index is 3.11. The van der Waals surface area contributed by atoms with E-state index in [0.717, 1.165) is 0 Å². The smallest absolute Gasteiger partial charge is 0.0178 e. The first kappa shape index (κ1) is 9.97. The zero-order chi connectivity index (χ0) is 10.7. The van der Waals surface area contributed by atoms with Gasteiger partial charge in [0, 0.05) is 0 Å². The minimum Gasteiger partial charge on any atom is -0.0614 e. The summed E-state index contributed by atoms with van der Waals surface area (Å²) in [5, 5.41) is 0. The van der Waals surface area contributed by atoms with Crippen LogP contribution < -0.4 is 0 Å². The summed E-state index contributed by atoms with van der Waals surface area (Å²) in [6.07, 6.45) is 0. The predicted molar refractivity (Wildman–Crippen MR) is 64.8 cm³/mol. The van der Waals surface area contributed by atoms with E-state index in [4.69, 9.17) is 0 Å². The Morgan fingerprint density at radius 3 is 2.47 bits per heavy atom. The van der Waals surface area contributed by atoms with Crippen molar-refractivity contribution >= 4 is 0 Å². The van der Waals surface area contributed by atoms with Crippen LogP contribution >= 0.6 is 0 Å². The lowest BCUT2D eigenvalue weighted by atomic mass is 9.98. The average Bonchev–Trinajstić information content (AvgIpc) is 2.30. The zero-order valence-electron chi connectivity index (χ0n) is 9.20. The topological polar surface area (TPSA) is 0 Å². The Labute approximate surface area is 91.6 Å². The number of hydrogen-bond donors (Lipinski definition) is 0. The largest absolute Gasteiger partial charge is 0.0614 e. The van der Waals surface area contributed by atoms with E-state index in [2.05, 4.69) is 50.2 Å². The molecule has 0 unspecified atom stereocenters.